The topological polar surface area (TPSA) is 79.7 Å². The van der Waals surface area contributed by atoms with Crippen LogP contribution in [0.5, 0.6) is 0 Å². The fourth-order valence-electron chi connectivity index (χ4n) is 2.80. The fourth-order valence-corrected chi connectivity index (χ4v) is 3.77. The van der Waals surface area contributed by atoms with Gasteiger partial charge in [-0.05, 0) is 30.5 Å². The van der Waals surface area contributed by atoms with Gasteiger partial charge in [0.2, 0.25) is 0 Å². The first-order valence-electron chi connectivity index (χ1n) is 8.46. The van der Waals surface area contributed by atoms with Gasteiger partial charge in [-0.3, -0.25) is 9.59 Å². The third-order valence-corrected chi connectivity index (χ3v) is 5.26. The first kappa shape index (κ1) is 19.4. The number of hydrogen-bond donors (Lipinski definition) is 1. The molecule has 1 aromatic heterocycles. The van der Waals surface area contributed by atoms with E-state index < -0.39 is 23.5 Å². The molecule has 27 heavy (non-hydrogen) atoms. The van der Waals surface area contributed by atoms with E-state index in [0.717, 1.165) is 25.0 Å². The van der Waals surface area contributed by atoms with E-state index in [1.54, 1.807) is 0 Å². The molecule has 1 aromatic carbocycles. The number of benzene rings is 1. The van der Waals surface area contributed by atoms with Crippen LogP contribution in [0.25, 0.3) is 0 Å². The molecule has 3 rings (SSSR count). The molecule has 0 saturated carbocycles. The third-order valence-electron chi connectivity index (χ3n) is 4.18. The van der Waals surface area contributed by atoms with Crippen molar-refractivity contribution in [2.45, 2.75) is 31.9 Å². The van der Waals surface area contributed by atoms with Gasteiger partial charge in [-0.2, -0.15) is 0 Å². The largest absolute Gasteiger partial charge is 0.481 e. The zero-order valence-electron chi connectivity index (χ0n) is 14.4. The lowest BCUT2D eigenvalue weighted by Gasteiger charge is -2.21. The number of halogens is 2. The molecule has 1 unspecified atom stereocenters. The van der Waals surface area contributed by atoms with Gasteiger partial charge in [0.25, 0.3) is 5.91 Å². The van der Waals surface area contributed by atoms with Crippen molar-refractivity contribution in [3.8, 4) is 0 Å². The molecule has 6 nitrogen and oxygen atoms in total. The second-order valence-corrected chi connectivity index (χ2v) is 7.25. The highest BCUT2D eigenvalue weighted by molar-refractivity contribution is 7.13. The Kier molecular flexibility index (Phi) is 6.12. The van der Waals surface area contributed by atoms with E-state index in [-0.39, 0.29) is 25.6 Å². The van der Waals surface area contributed by atoms with Gasteiger partial charge in [0, 0.05) is 19.7 Å². The lowest BCUT2D eigenvalue weighted by Crippen LogP contribution is -2.32. The quantitative estimate of drug-likeness (QED) is 0.776. The maximum Gasteiger partial charge on any atom is 0.305 e. The number of nitrogens with zero attached hydrogens (tertiary/aromatic N) is 2. The summed E-state index contributed by atoms with van der Waals surface area (Å²) >= 11 is 1.21. The lowest BCUT2D eigenvalue weighted by atomic mass is 10.2. The number of carboxylic acids is 1. The molecule has 1 amide bonds. The van der Waals surface area contributed by atoms with Crippen LogP contribution in [0.15, 0.2) is 24.4 Å². The van der Waals surface area contributed by atoms with Crippen molar-refractivity contribution in [1.82, 2.24) is 9.88 Å². The van der Waals surface area contributed by atoms with Crippen molar-refractivity contribution in [3.63, 3.8) is 0 Å². The SMILES string of the molecule is O=C(O)CCN(Cc1ccc(F)c(F)c1)C(=O)c1cnc(C2CCCO2)s1. The Bertz CT molecular complexity index is 837. The van der Waals surface area contributed by atoms with Crippen LogP contribution in [0.4, 0.5) is 8.78 Å². The molecular weight excluding hydrogens is 378 g/mol. The monoisotopic (exact) mass is 396 g/mol. The molecule has 1 atom stereocenters. The van der Waals surface area contributed by atoms with Gasteiger partial charge in [0.1, 0.15) is 16.0 Å². The molecule has 0 radical (unpaired) electrons. The minimum atomic E-state index is -1.05. The van der Waals surface area contributed by atoms with Gasteiger partial charge in [0.15, 0.2) is 11.6 Å². The van der Waals surface area contributed by atoms with E-state index in [0.29, 0.717) is 22.1 Å². The number of carbonyl (C=O) groups is 2. The predicted molar refractivity (Wildman–Crippen MR) is 93.4 cm³/mol. The molecule has 1 fully saturated rings. The van der Waals surface area contributed by atoms with Crippen LogP contribution in [-0.2, 0) is 16.1 Å². The minimum Gasteiger partial charge on any atom is -0.481 e. The Labute approximate surface area is 158 Å². The highest BCUT2D eigenvalue weighted by atomic mass is 32.1. The van der Waals surface area contributed by atoms with Crippen molar-refractivity contribution in [2.75, 3.05) is 13.2 Å². The van der Waals surface area contributed by atoms with E-state index in [4.69, 9.17) is 9.84 Å². The number of carbonyl (C=O) groups excluding carboxylic acids is 1. The molecule has 9 heteroatoms. The first-order chi connectivity index (χ1) is 12.9. The molecule has 2 aromatic rings. The average molecular weight is 396 g/mol. The van der Waals surface area contributed by atoms with Crippen LogP contribution in [0, 0.1) is 11.6 Å². The zero-order valence-corrected chi connectivity index (χ0v) is 15.2. The molecule has 144 valence electrons. The summed E-state index contributed by atoms with van der Waals surface area (Å²) < 4.78 is 32.1. The van der Waals surface area contributed by atoms with Crippen molar-refractivity contribution in [2.24, 2.45) is 0 Å². The molecule has 1 aliphatic heterocycles. The smallest absolute Gasteiger partial charge is 0.305 e. The number of carboxylic acid groups (broad SMARTS) is 1. The number of aromatic nitrogens is 1. The lowest BCUT2D eigenvalue weighted by molar-refractivity contribution is -0.137. The minimum absolute atomic E-state index is 0.0313. The summed E-state index contributed by atoms with van der Waals surface area (Å²) in [7, 11) is 0. The summed E-state index contributed by atoms with van der Waals surface area (Å²) in [5.41, 5.74) is 0.372. The normalized spacial score (nSPS) is 16.4. The molecule has 0 bridgehead atoms. The third kappa shape index (κ3) is 4.86. The fraction of sp³-hybridized carbons (Fsp3) is 0.389. The van der Waals surface area contributed by atoms with Crippen LogP contribution in [0.3, 0.4) is 0 Å². The number of rotatable bonds is 7. The summed E-state index contributed by atoms with van der Waals surface area (Å²) in [4.78, 5) is 29.7. The molecule has 1 saturated heterocycles. The van der Waals surface area contributed by atoms with E-state index in [9.17, 15) is 18.4 Å². The van der Waals surface area contributed by atoms with Crippen molar-refractivity contribution in [1.29, 1.82) is 0 Å². The number of amides is 1. The molecule has 1 aliphatic rings. The van der Waals surface area contributed by atoms with Gasteiger partial charge in [0.05, 0.1) is 12.6 Å². The van der Waals surface area contributed by atoms with Crippen LogP contribution < -0.4 is 0 Å². The van der Waals surface area contributed by atoms with Crippen LogP contribution in [0.1, 0.15) is 45.6 Å². The summed E-state index contributed by atoms with van der Waals surface area (Å²) in [5, 5.41) is 9.65. The van der Waals surface area contributed by atoms with Gasteiger partial charge in [-0.25, -0.2) is 13.8 Å². The Morgan fingerprint density at radius 1 is 1.33 bits per heavy atom. The predicted octanol–water partition coefficient (Wildman–Crippen LogP) is 3.39. The van der Waals surface area contributed by atoms with Gasteiger partial charge in [-0.15, -0.1) is 11.3 Å². The Morgan fingerprint density at radius 2 is 2.15 bits per heavy atom. The van der Waals surface area contributed by atoms with Gasteiger partial charge < -0.3 is 14.7 Å². The highest BCUT2D eigenvalue weighted by Gasteiger charge is 2.25. The Hall–Kier alpha value is -2.39. The second-order valence-electron chi connectivity index (χ2n) is 6.18. The number of thiazole rings is 1. The zero-order chi connectivity index (χ0) is 19.4. The molecule has 0 spiro atoms. The van der Waals surface area contributed by atoms with Crippen LogP contribution in [0.2, 0.25) is 0 Å². The Balaban J connectivity index is 1.77. The maximum absolute atomic E-state index is 13.4. The number of ether oxygens (including phenoxy) is 1. The molecule has 1 N–H and O–H groups in total. The first-order valence-corrected chi connectivity index (χ1v) is 9.28. The van der Waals surface area contributed by atoms with Gasteiger partial charge in [-0.1, -0.05) is 6.07 Å². The van der Waals surface area contributed by atoms with E-state index in [2.05, 4.69) is 4.98 Å². The van der Waals surface area contributed by atoms with Crippen molar-refractivity contribution < 1.29 is 28.2 Å². The van der Waals surface area contributed by atoms with E-state index in [1.165, 1.54) is 28.5 Å². The maximum atomic E-state index is 13.4. The van der Waals surface area contributed by atoms with E-state index >= 15 is 0 Å². The number of hydrogen-bond acceptors (Lipinski definition) is 5. The molecule has 0 aliphatic carbocycles. The Morgan fingerprint density at radius 3 is 2.81 bits per heavy atom. The summed E-state index contributed by atoms with van der Waals surface area (Å²) in [6.07, 6.45) is 2.86. The molecular formula is C18H18F2N2O4S. The van der Waals surface area contributed by atoms with Crippen molar-refractivity contribution >= 4 is 23.2 Å². The number of aliphatic carboxylic acids is 1. The molecule has 2 heterocycles. The van der Waals surface area contributed by atoms with Crippen LogP contribution >= 0.6 is 11.3 Å². The van der Waals surface area contributed by atoms with E-state index in [1.807, 2.05) is 0 Å². The average Bonchev–Trinajstić information content (AvgIpc) is 3.32. The summed E-state index contributed by atoms with van der Waals surface area (Å²) in [6, 6.07) is 3.34. The highest BCUT2D eigenvalue weighted by Crippen LogP contribution is 2.31. The van der Waals surface area contributed by atoms with Crippen LogP contribution in [-0.4, -0.2) is 40.0 Å². The standard InChI is InChI=1S/C18H18F2N2O4S/c19-12-4-3-11(8-13(12)20)10-22(6-5-16(23)24)18(25)15-9-21-17(27-15)14-2-1-7-26-14/h3-4,8-9,14H,1-2,5-7,10H2,(H,23,24). The summed E-state index contributed by atoms with van der Waals surface area (Å²) in [6.45, 7) is 0.575. The van der Waals surface area contributed by atoms with Gasteiger partial charge >= 0.3 is 5.97 Å². The summed E-state index contributed by atoms with van der Waals surface area (Å²) in [5.74, 6) is -3.45. The second kappa shape index (κ2) is 8.53. The van der Waals surface area contributed by atoms with Crippen molar-refractivity contribution in [3.05, 3.63) is 51.5 Å².